The molecule has 0 aliphatic carbocycles. The third kappa shape index (κ3) is 2.12. The summed E-state index contributed by atoms with van der Waals surface area (Å²) in [4.78, 5) is 24.9. The molecule has 5 nitrogen and oxygen atoms in total. The Hall–Kier alpha value is -1.82. The minimum Gasteiger partial charge on any atom is -0.506 e. The zero-order valence-electron chi connectivity index (χ0n) is 11.0. The minimum atomic E-state index is -0.785. The number of aromatic hydroxyl groups is 1. The van der Waals surface area contributed by atoms with Crippen LogP contribution in [0, 0.1) is 0 Å². The maximum absolute atomic E-state index is 12.4. The molecule has 0 spiro atoms. The number of fused-ring (bicyclic) bond motifs is 1. The van der Waals surface area contributed by atoms with Gasteiger partial charge >= 0.3 is 5.97 Å². The lowest BCUT2D eigenvalue weighted by atomic mass is 10.2. The zero-order chi connectivity index (χ0) is 14.2. The molecule has 102 valence electrons. The first-order chi connectivity index (χ1) is 8.99. The van der Waals surface area contributed by atoms with Gasteiger partial charge in [0.15, 0.2) is 5.56 Å². The van der Waals surface area contributed by atoms with Crippen molar-refractivity contribution in [3.8, 4) is 5.75 Å². The highest BCUT2D eigenvalue weighted by atomic mass is 32.1. The maximum Gasteiger partial charge on any atom is 0.347 e. The van der Waals surface area contributed by atoms with E-state index in [0.717, 1.165) is 0 Å². The molecule has 0 amide bonds. The number of rotatable bonds is 3. The Kier molecular flexibility index (Phi) is 3.61. The summed E-state index contributed by atoms with van der Waals surface area (Å²) in [6.45, 7) is 5.51. The average Bonchev–Trinajstić information content (AvgIpc) is 2.77. The first kappa shape index (κ1) is 13.6. The van der Waals surface area contributed by atoms with Crippen molar-refractivity contribution >= 4 is 27.5 Å². The summed E-state index contributed by atoms with van der Waals surface area (Å²) >= 11 is 1.36. The first-order valence-corrected chi connectivity index (χ1v) is 6.88. The smallest absolute Gasteiger partial charge is 0.347 e. The van der Waals surface area contributed by atoms with Crippen LogP contribution in [0.4, 0.5) is 0 Å². The summed E-state index contributed by atoms with van der Waals surface area (Å²) in [6, 6.07) is 1.58. The molecule has 0 radical (unpaired) electrons. The lowest BCUT2D eigenvalue weighted by Gasteiger charge is -2.14. The van der Waals surface area contributed by atoms with Gasteiger partial charge in [-0.15, -0.1) is 11.3 Å². The second-order valence-electron chi connectivity index (χ2n) is 4.35. The fourth-order valence-electron chi connectivity index (χ4n) is 1.97. The van der Waals surface area contributed by atoms with Gasteiger partial charge in [0, 0.05) is 6.04 Å². The number of hydrogen-bond acceptors (Lipinski definition) is 5. The molecular weight excluding hydrogens is 266 g/mol. The molecular formula is C13H15NO4S. The van der Waals surface area contributed by atoms with Gasteiger partial charge in [-0.1, -0.05) is 0 Å². The van der Waals surface area contributed by atoms with Crippen LogP contribution in [-0.4, -0.2) is 22.2 Å². The van der Waals surface area contributed by atoms with Crippen LogP contribution in [0.1, 0.15) is 37.2 Å². The standard InChI is InChI=1S/C13H15NO4S/c1-4-18-13(17)9-10(15)8-5-6-19-12(8)14(7(2)3)11(9)16/h5-7,15H,4H2,1-3H3. The van der Waals surface area contributed by atoms with Gasteiger partial charge in [0.1, 0.15) is 10.6 Å². The Morgan fingerprint density at radius 2 is 2.21 bits per heavy atom. The molecule has 0 saturated heterocycles. The third-order valence-electron chi connectivity index (χ3n) is 2.78. The molecule has 19 heavy (non-hydrogen) atoms. The summed E-state index contributed by atoms with van der Waals surface area (Å²) in [5.74, 6) is -1.08. The van der Waals surface area contributed by atoms with Crippen molar-refractivity contribution in [3.05, 3.63) is 27.4 Å². The van der Waals surface area contributed by atoms with Gasteiger partial charge in [0.2, 0.25) is 0 Å². The Balaban J connectivity index is 2.84. The number of carbonyl (C=O) groups is 1. The number of aromatic nitrogens is 1. The third-order valence-corrected chi connectivity index (χ3v) is 3.70. The van der Waals surface area contributed by atoms with Crippen LogP contribution in [-0.2, 0) is 4.74 Å². The lowest BCUT2D eigenvalue weighted by Crippen LogP contribution is -2.28. The predicted molar refractivity (Wildman–Crippen MR) is 74.1 cm³/mol. The molecule has 0 unspecified atom stereocenters. The first-order valence-electron chi connectivity index (χ1n) is 6.00. The Morgan fingerprint density at radius 3 is 2.79 bits per heavy atom. The molecule has 0 aliphatic heterocycles. The van der Waals surface area contributed by atoms with Gasteiger partial charge in [-0.25, -0.2) is 4.79 Å². The van der Waals surface area contributed by atoms with E-state index in [1.54, 1.807) is 18.4 Å². The van der Waals surface area contributed by atoms with Crippen LogP contribution in [0.3, 0.4) is 0 Å². The van der Waals surface area contributed by atoms with Crippen molar-refractivity contribution in [2.75, 3.05) is 6.61 Å². The quantitative estimate of drug-likeness (QED) is 0.878. The van der Waals surface area contributed by atoms with Crippen molar-refractivity contribution in [2.24, 2.45) is 0 Å². The van der Waals surface area contributed by atoms with Crippen molar-refractivity contribution in [1.29, 1.82) is 0 Å². The SMILES string of the molecule is CCOC(=O)c1c(O)c2ccsc2n(C(C)C)c1=O. The van der Waals surface area contributed by atoms with Crippen molar-refractivity contribution in [2.45, 2.75) is 26.8 Å². The van der Waals surface area contributed by atoms with Gasteiger partial charge in [-0.2, -0.15) is 0 Å². The highest BCUT2D eigenvalue weighted by Gasteiger charge is 2.24. The molecule has 2 aromatic heterocycles. The number of pyridine rings is 1. The van der Waals surface area contributed by atoms with Crippen LogP contribution in [0.25, 0.3) is 10.2 Å². The summed E-state index contributed by atoms with van der Waals surface area (Å²) in [5, 5.41) is 12.4. The van der Waals surface area contributed by atoms with Crippen molar-refractivity contribution in [1.82, 2.24) is 4.57 Å². The zero-order valence-corrected chi connectivity index (χ0v) is 11.8. The van der Waals surface area contributed by atoms with Gasteiger partial charge in [-0.3, -0.25) is 9.36 Å². The number of hydrogen-bond donors (Lipinski definition) is 1. The second-order valence-corrected chi connectivity index (χ2v) is 5.25. The Morgan fingerprint density at radius 1 is 1.53 bits per heavy atom. The number of nitrogens with zero attached hydrogens (tertiary/aromatic N) is 1. The summed E-state index contributed by atoms with van der Waals surface area (Å²) in [5.41, 5.74) is -0.803. The van der Waals surface area contributed by atoms with Crippen LogP contribution in [0.15, 0.2) is 16.2 Å². The minimum absolute atomic E-state index is 0.109. The second kappa shape index (κ2) is 5.05. The highest BCUT2D eigenvalue weighted by Crippen LogP contribution is 2.31. The topological polar surface area (TPSA) is 68.5 Å². The van der Waals surface area contributed by atoms with E-state index in [2.05, 4.69) is 0 Å². The normalized spacial score (nSPS) is 11.2. The molecule has 0 aliphatic rings. The van der Waals surface area contributed by atoms with E-state index in [9.17, 15) is 14.7 Å². The van der Waals surface area contributed by atoms with E-state index in [-0.39, 0.29) is 24.0 Å². The van der Waals surface area contributed by atoms with Gasteiger partial charge in [-0.05, 0) is 32.2 Å². The van der Waals surface area contributed by atoms with Gasteiger partial charge in [0.05, 0.1) is 12.0 Å². The van der Waals surface area contributed by atoms with Crippen LogP contribution in [0.2, 0.25) is 0 Å². The van der Waals surface area contributed by atoms with E-state index in [4.69, 9.17) is 4.74 Å². The summed E-state index contributed by atoms with van der Waals surface area (Å²) in [6.07, 6.45) is 0. The lowest BCUT2D eigenvalue weighted by molar-refractivity contribution is 0.0520. The van der Waals surface area contributed by atoms with Crippen LogP contribution in [0.5, 0.6) is 5.75 Å². The fourth-order valence-corrected chi connectivity index (χ4v) is 3.00. The fraction of sp³-hybridized carbons (Fsp3) is 0.385. The molecule has 2 heterocycles. The van der Waals surface area contributed by atoms with E-state index in [0.29, 0.717) is 10.2 Å². The van der Waals surface area contributed by atoms with E-state index >= 15 is 0 Å². The molecule has 0 saturated carbocycles. The van der Waals surface area contributed by atoms with Crippen molar-refractivity contribution in [3.63, 3.8) is 0 Å². The van der Waals surface area contributed by atoms with Gasteiger partial charge in [0.25, 0.3) is 5.56 Å². The number of esters is 1. The highest BCUT2D eigenvalue weighted by molar-refractivity contribution is 7.16. The van der Waals surface area contributed by atoms with Crippen LogP contribution >= 0.6 is 11.3 Å². The maximum atomic E-state index is 12.4. The molecule has 0 atom stereocenters. The molecule has 0 bridgehead atoms. The monoisotopic (exact) mass is 281 g/mol. The molecule has 2 aromatic rings. The van der Waals surface area contributed by atoms with E-state index in [1.165, 1.54) is 15.9 Å². The Bertz CT molecular complexity index is 684. The number of ether oxygens (including phenoxy) is 1. The predicted octanol–water partition coefficient (Wildman–Crippen LogP) is 2.53. The Labute approximate surface area is 114 Å². The number of thiophene rings is 1. The number of carbonyl (C=O) groups excluding carboxylic acids is 1. The van der Waals surface area contributed by atoms with E-state index < -0.39 is 11.5 Å². The molecule has 0 aromatic carbocycles. The molecule has 6 heteroatoms. The average molecular weight is 281 g/mol. The largest absolute Gasteiger partial charge is 0.506 e. The van der Waals surface area contributed by atoms with Gasteiger partial charge < -0.3 is 9.84 Å². The molecule has 0 fully saturated rings. The molecule has 1 N–H and O–H groups in total. The van der Waals surface area contributed by atoms with E-state index in [1.807, 2.05) is 13.8 Å². The summed E-state index contributed by atoms with van der Waals surface area (Å²) in [7, 11) is 0. The molecule has 2 rings (SSSR count). The van der Waals surface area contributed by atoms with Crippen molar-refractivity contribution < 1.29 is 14.6 Å². The summed E-state index contributed by atoms with van der Waals surface area (Å²) < 4.78 is 6.35. The van der Waals surface area contributed by atoms with Crippen LogP contribution < -0.4 is 5.56 Å².